The number of aliphatic imine (C=N–C) groups is 1. The smallest absolute Gasteiger partial charge is 0.283 e. The lowest BCUT2D eigenvalue weighted by Crippen LogP contribution is -2.35. The summed E-state index contributed by atoms with van der Waals surface area (Å²) in [5, 5.41) is 15.8. The molecule has 2 aliphatic rings. The highest BCUT2D eigenvalue weighted by Gasteiger charge is 2.35. The average molecular weight is 490 g/mol. The van der Waals surface area contributed by atoms with Crippen molar-refractivity contribution in [3.8, 4) is 5.69 Å². The van der Waals surface area contributed by atoms with Gasteiger partial charge in [-0.3, -0.25) is 10.2 Å². The second kappa shape index (κ2) is 8.13. The summed E-state index contributed by atoms with van der Waals surface area (Å²) < 4.78 is 2.95. The van der Waals surface area contributed by atoms with Crippen LogP contribution in [0.3, 0.4) is 0 Å². The SMILES string of the molecule is N=C1/C(=C\c2cccn2-c2ccc(Br)cc2)C(=O)N=C2SC(Cc3ccccc3)=NN12. The number of rotatable bonds is 4. The number of amides is 1. The van der Waals surface area contributed by atoms with Crippen LogP contribution < -0.4 is 0 Å². The van der Waals surface area contributed by atoms with Crippen molar-refractivity contribution in [2.75, 3.05) is 0 Å². The highest BCUT2D eigenvalue weighted by atomic mass is 79.9. The quantitative estimate of drug-likeness (QED) is 0.517. The molecule has 0 radical (unpaired) electrons. The van der Waals surface area contributed by atoms with Crippen molar-refractivity contribution >= 4 is 55.7 Å². The molecule has 3 aromatic rings. The van der Waals surface area contributed by atoms with Gasteiger partial charge >= 0.3 is 0 Å². The zero-order chi connectivity index (χ0) is 21.4. The van der Waals surface area contributed by atoms with E-state index in [0.29, 0.717) is 11.6 Å². The monoisotopic (exact) mass is 489 g/mol. The van der Waals surface area contributed by atoms with Crippen molar-refractivity contribution in [2.45, 2.75) is 6.42 Å². The molecule has 2 aromatic carbocycles. The Morgan fingerprint density at radius 1 is 1.03 bits per heavy atom. The van der Waals surface area contributed by atoms with Crippen molar-refractivity contribution in [3.63, 3.8) is 0 Å². The summed E-state index contributed by atoms with van der Waals surface area (Å²) in [4.78, 5) is 16.9. The molecule has 2 aliphatic heterocycles. The highest BCUT2D eigenvalue weighted by Crippen LogP contribution is 2.30. The van der Waals surface area contributed by atoms with Crippen molar-refractivity contribution < 1.29 is 4.79 Å². The topological polar surface area (TPSA) is 73.8 Å². The molecule has 1 N–H and O–H groups in total. The summed E-state index contributed by atoms with van der Waals surface area (Å²) in [6, 6.07) is 21.7. The van der Waals surface area contributed by atoms with Gasteiger partial charge in [-0.1, -0.05) is 46.3 Å². The Hall–Kier alpha value is -3.23. The molecule has 0 atom stereocenters. The summed E-state index contributed by atoms with van der Waals surface area (Å²) in [6.45, 7) is 0. The number of nitrogens with one attached hydrogen (secondary N) is 1. The van der Waals surface area contributed by atoms with Crippen LogP contribution in [0.2, 0.25) is 0 Å². The number of fused-ring (bicyclic) bond motifs is 1. The number of thioether (sulfide) groups is 1. The summed E-state index contributed by atoms with van der Waals surface area (Å²) in [7, 11) is 0. The van der Waals surface area contributed by atoms with Crippen LogP contribution in [-0.2, 0) is 11.2 Å². The van der Waals surface area contributed by atoms with E-state index in [1.807, 2.05) is 77.5 Å². The number of carbonyl (C=O) groups excluding carboxylic acids is 1. The van der Waals surface area contributed by atoms with Crippen LogP contribution in [0.15, 0.2) is 93.1 Å². The number of carbonyl (C=O) groups is 1. The third kappa shape index (κ3) is 3.92. The molecule has 0 aliphatic carbocycles. The van der Waals surface area contributed by atoms with Crippen LogP contribution in [0.1, 0.15) is 11.3 Å². The van der Waals surface area contributed by atoms with Gasteiger partial charge in [0.15, 0.2) is 5.84 Å². The van der Waals surface area contributed by atoms with E-state index in [2.05, 4.69) is 26.0 Å². The van der Waals surface area contributed by atoms with E-state index >= 15 is 0 Å². The van der Waals surface area contributed by atoms with Gasteiger partial charge in [0.05, 0.1) is 5.57 Å². The normalized spacial score (nSPS) is 17.1. The molecule has 5 rings (SSSR count). The van der Waals surface area contributed by atoms with Crippen LogP contribution in [0, 0.1) is 5.41 Å². The van der Waals surface area contributed by atoms with E-state index in [4.69, 9.17) is 5.41 Å². The van der Waals surface area contributed by atoms with Crippen LogP contribution in [0.5, 0.6) is 0 Å². The number of hydrogen-bond acceptors (Lipinski definition) is 4. The fourth-order valence-corrected chi connectivity index (χ4v) is 4.55. The average Bonchev–Trinajstić information content (AvgIpc) is 3.39. The predicted molar refractivity (Wildman–Crippen MR) is 129 cm³/mol. The molecule has 3 heterocycles. The van der Waals surface area contributed by atoms with E-state index < -0.39 is 5.91 Å². The Morgan fingerprint density at radius 3 is 2.58 bits per heavy atom. The molecule has 31 heavy (non-hydrogen) atoms. The summed E-state index contributed by atoms with van der Waals surface area (Å²) in [5.74, 6) is -0.391. The fourth-order valence-electron chi connectivity index (χ4n) is 3.37. The molecule has 0 saturated carbocycles. The van der Waals surface area contributed by atoms with E-state index in [1.54, 1.807) is 6.08 Å². The van der Waals surface area contributed by atoms with Gasteiger partial charge in [-0.05, 0) is 59.8 Å². The minimum Gasteiger partial charge on any atom is -0.317 e. The Balaban J connectivity index is 1.44. The van der Waals surface area contributed by atoms with Gasteiger partial charge in [0.25, 0.3) is 5.91 Å². The lowest BCUT2D eigenvalue weighted by molar-refractivity contribution is -0.114. The lowest BCUT2D eigenvalue weighted by atomic mass is 10.1. The standard InChI is InChI=1S/C23H16BrN5OS/c24-16-8-10-17(11-9-16)28-12-4-7-18(28)14-19-21(25)29-23(26-22(19)30)31-20(27-29)13-15-5-2-1-3-6-15/h1-12,14,25H,13H2/b19-14+,25-21?. The third-order valence-corrected chi connectivity index (χ3v) is 6.31. The van der Waals surface area contributed by atoms with E-state index in [-0.39, 0.29) is 11.4 Å². The molecule has 0 unspecified atom stereocenters. The van der Waals surface area contributed by atoms with Gasteiger partial charge in [-0.2, -0.15) is 15.1 Å². The number of halogens is 1. The fraction of sp³-hybridized carbons (Fsp3) is 0.0435. The molecule has 0 bridgehead atoms. The first kappa shape index (κ1) is 19.7. The maximum Gasteiger partial charge on any atom is 0.283 e. The third-order valence-electron chi connectivity index (χ3n) is 4.87. The number of aromatic nitrogens is 1. The molecule has 1 aromatic heterocycles. The Kier molecular flexibility index (Phi) is 5.17. The number of benzene rings is 2. The van der Waals surface area contributed by atoms with Gasteiger partial charge in [-0.15, -0.1) is 0 Å². The zero-order valence-electron chi connectivity index (χ0n) is 16.2. The van der Waals surface area contributed by atoms with Gasteiger partial charge in [-0.25, -0.2) is 0 Å². The van der Waals surface area contributed by atoms with Crippen molar-refractivity contribution in [3.05, 3.63) is 94.2 Å². The molecular formula is C23H16BrN5OS. The summed E-state index contributed by atoms with van der Waals surface area (Å²) in [5.41, 5.74) is 3.08. The van der Waals surface area contributed by atoms with Gasteiger partial charge < -0.3 is 4.57 Å². The first-order chi connectivity index (χ1) is 15.1. The van der Waals surface area contributed by atoms with E-state index in [0.717, 1.165) is 26.5 Å². The van der Waals surface area contributed by atoms with Gasteiger partial charge in [0, 0.05) is 28.5 Å². The second-order valence-corrected chi connectivity index (χ2v) is 8.91. The van der Waals surface area contributed by atoms with E-state index in [1.165, 1.54) is 16.8 Å². The van der Waals surface area contributed by atoms with E-state index in [9.17, 15) is 4.79 Å². The maximum atomic E-state index is 12.7. The number of hydrogen-bond donors (Lipinski definition) is 1. The largest absolute Gasteiger partial charge is 0.317 e. The van der Waals surface area contributed by atoms with Crippen LogP contribution in [0.25, 0.3) is 11.8 Å². The predicted octanol–water partition coefficient (Wildman–Crippen LogP) is 5.10. The summed E-state index contributed by atoms with van der Waals surface area (Å²) in [6.07, 6.45) is 4.25. The van der Waals surface area contributed by atoms with Crippen LogP contribution >= 0.6 is 27.7 Å². The molecular weight excluding hydrogens is 474 g/mol. The van der Waals surface area contributed by atoms with Crippen molar-refractivity contribution in [2.24, 2.45) is 10.1 Å². The van der Waals surface area contributed by atoms with Crippen LogP contribution in [-0.4, -0.2) is 31.5 Å². The number of hydrazone groups is 1. The van der Waals surface area contributed by atoms with Gasteiger partial charge in [0.2, 0.25) is 5.17 Å². The summed E-state index contributed by atoms with van der Waals surface area (Å²) >= 11 is 4.78. The Morgan fingerprint density at radius 2 is 1.81 bits per heavy atom. The first-order valence-corrected chi connectivity index (χ1v) is 11.2. The Labute approximate surface area is 191 Å². The maximum absolute atomic E-state index is 12.7. The minimum atomic E-state index is -0.427. The lowest BCUT2D eigenvalue weighted by Gasteiger charge is -2.20. The van der Waals surface area contributed by atoms with Crippen molar-refractivity contribution in [1.82, 2.24) is 9.58 Å². The molecule has 0 fully saturated rings. The molecule has 8 heteroatoms. The van der Waals surface area contributed by atoms with Gasteiger partial charge in [0.1, 0.15) is 5.04 Å². The molecule has 1 amide bonds. The first-order valence-electron chi connectivity index (χ1n) is 9.55. The van der Waals surface area contributed by atoms with Crippen LogP contribution in [0.4, 0.5) is 0 Å². The molecule has 0 saturated heterocycles. The number of nitrogens with zero attached hydrogens (tertiary/aromatic N) is 4. The molecule has 6 nitrogen and oxygen atoms in total. The minimum absolute atomic E-state index is 0.0362. The highest BCUT2D eigenvalue weighted by molar-refractivity contribution is 9.10. The molecule has 0 spiro atoms. The van der Waals surface area contributed by atoms with Crippen molar-refractivity contribution in [1.29, 1.82) is 5.41 Å². The second-order valence-electron chi connectivity index (χ2n) is 6.96. The number of amidine groups is 2. The zero-order valence-corrected chi connectivity index (χ0v) is 18.6. The Bertz CT molecular complexity index is 1270. The molecule has 152 valence electrons.